The summed E-state index contributed by atoms with van der Waals surface area (Å²) >= 11 is 0. The van der Waals surface area contributed by atoms with E-state index >= 15 is 0 Å². The van der Waals surface area contributed by atoms with Crippen LogP contribution in [0.25, 0.3) is 0 Å². The largest absolute Gasteiger partial charge is 0.478 e. The van der Waals surface area contributed by atoms with Crippen LogP contribution in [0.15, 0.2) is 23.2 Å². The number of carbonyl (C=O) groups is 2. The number of benzene rings is 1. The van der Waals surface area contributed by atoms with Crippen LogP contribution in [0, 0.1) is 0 Å². The molecule has 1 aliphatic heterocycles. The zero-order chi connectivity index (χ0) is 10.1. The highest BCUT2D eigenvalue weighted by molar-refractivity contribution is 6.06. The summed E-state index contributed by atoms with van der Waals surface area (Å²) in [5.74, 6) is -1.38. The Labute approximate surface area is 79.9 Å². The molecule has 0 radical (unpaired) electrons. The van der Waals surface area contributed by atoms with Crippen LogP contribution in [0.5, 0.6) is 0 Å². The van der Waals surface area contributed by atoms with Crippen LogP contribution in [-0.2, 0) is 6.42 Å². The Bertz CT molecular complexity index is 449. The van der Waals surface area contributed by atoms with E-state index in [1.165, 1.54) is 12.3 Å². The first-order valence-electron chi connectivity index (χ1n) is 4.12. The van der Waals surface area contributed by atoms with Crippen LogP contribution in [0.1, 0.15) is 26.3 Å². The predicted octanol–water partition coefficient (Wildman–Crippen LogP) is 1.15. The first-order valence-corrected chi connectivity index (χ1v) is 4.12. The third-order valence-electron chi connectivity index (χ3n) is 2.14. The second kappa shape index (κ2) is 3.06. The Kier molecular flexibility index (Phi) is 1.89. The number of aliphatic imine (C=N–C) groups is 1. The number of fused-ring (bicyclic) bond motifs is 1. The number of nitrogens with zero attached hydrogens (tertiary/aromatic N) is 1. The average Bonchev–Trinajstić information content (AvgIpc) is 2.17. The van der Waals surface area contributed by atoms with Gasteiger partial charge in [-0.2, -0.15) is 0 Å². The molecule has 0 spiro atoms. The zero-order valence-electron chi connectivity index (χ0n) is 7.23. The fourth-order valence-electron chi connectivity index (χ4n) is 1.50. The lowest BCUT2D eigenvalue weighted by Crippen LogP contribution is -2.13. The molecule has 1 heterocycles. The SMILES string of the molecule is O=C(O)c1cccc2c1CC=NC2=O. The quantitative estimate of drug-likeness (QED) is 0.720. The molecule has 4 nitrogen and oxygen atoms in total. The summed E-state index contributed by atoms with van der Waals surface area (Å²) in [4.78, 5) is 25.7. The van der Waals surface area contributed by atoms with E-state index in [0.717, 1.165) is 0 Å². The second-order valence-electron chi connectivity index (χ2n) is 2.96. The molecule has 2 rings (SSSR count). The Morgan fingerprint density at radius 1 is 1.43 bits per heavy atom. The molecular formula is C10H7NO3. The van der Waals surface area contributed by atoms with Crippen molar-refractivity contribution in [3.8, 4) is 0 Å². The summed E-state index contributed by atoms with van der Waals surface area (Å²) in [6, 6.07) is 4.65. The van der Waals surface area contributed by atoms with Crippen LogP contribution in [0.3, 0.4) is 0 Å². The molecule has 0 saturated carbocycles. The van der Waals surface area contributed by atoms with Crippen molar-refractivity contribution in [2.75, 3.05) is 0 Å². The molecule has 14 heavy (non-hydrogen) atoms. The van der Waals surface area contributed by atoms with E-state index in [0.29, 0.717) is 17.5 Å². The topological polar surface area (TPSA) is 66.7 Å². The smallest absolute Gasteiger partial charge is 0.335 e. The maximum absolute atomic E-state index is 11.3. The molecule has 0 unspecified atom stereocenters. The summed E-state index contributed by atoms with van der Waals surface area (Å²) in [5, 5.41) is 8.87. The Morgan fingerprint density at radius 2 is 2.21 bits per heavy atom. The lowest BCUT2D eigenvalue weighted by Gasteiger charge is -2.10. The van der Waals surface area contributed by atoms with Gasteiger partial charge in [-0.3, -0.25) is 4.79 Å². The predicted molar refractivity (Wildman–Crippen MR) is 49.9 cm³/mol. The lowest BCUT2D eigenvalue weighted by atomic mass is 9.96. The standard InChI is InChI=1S/C10H7NO3/c12-9-7-2-1-3-8(10(13)14)6(7)4-5-11-9/h1-3,5H,4H2,(H,13,14). The van der Waals surface area contributed by atoms with Gasteiger partial charge in [-0.15, -0.1) is 0 Å². The van der Waals surface area contributed by atoms with Crippen LogP contribution < -0.4 is 0 Å². The first-order chi connectivity index (χ1) is 6.70. The van der Waals surface area contributed by atoms with E-state index < -0.39 is 5.97 Å². The maximum Gasteiger partial charge on any atom is 0.335 e. The van der Waals surface area contributed by atoms with E-state index in [1.54, 1.807) is 12.1 Å². The van der Waals surface area contributed by atoms with Crippen LogP contribution >= 0.6 is 0 Å². The van der Waals surface area contributed by atoms with Gasteiger partial charge in [-0.1, -0.05) is 6.07 Å². The average molecular weight is 189 g/mol. The van der Waals surface area contributed by atoms with Crippen LogP contribution in [0.2, 0.25) is 0 Å². The van der Waals surface area contributed by atoms with Gasteiger partial charge >= 0.3 is 5.97 Å². The number of carbonyl (C=O) groups excluding carboxylic acids is 1. The lowest BCUT2D eigenvalue weighted by molar-refractivity contribution is 0.0696. The van der Waals surface area contributed by atoms with Gasteiger partial charge in [0.25, 0.3) is 5.91 Å². The Morgan fingerprint density at radius 3 is 2.93 bits per heavy atom. The number of carboxylic acids is 1. The van der Waals surface area contributed by atoms with Gasteiger partial charge in [0, 0.05) is 18.2 Å². The summed E-state index contributed by atoms with van der Waals surface area (Å²) in [6.45, 7) is 0. The van der Waals surface area contributed by atoms with Crippen molar-refractivity contribution in [1.82, 2.24) is 0 Å². The first kappa shape index (κ1) is 8.62. The molecular weight excluding hydrogens is 182 g/mol. The molecule has 1 aliphatic rings. The molecule has 1 amide bonds. The molecule has 1 aromatic rings. The van der Waals surface area contributed by atoms with Crippen molar-refractivity contribution in [2.45, 2.75) is 6.42 Å². The number of aromatic carboxylic acids is 1. The molecule has 0 atom stereocenters. The van der Waals surface area contributed by atoms with Gasteiger partial charge in [0.2, 0.25) is 0 Å². The highest BCUT2D eigenvalue weighted by atomic mass is 16.4. The van der Waals surface area contributed by atoms with Crippen molar-refractivity contribution in [3.05, 3.63) is 34.9 Å². The van der Waals surface area contributed by atoms with Crippen molar-refractivity contribution in [3.63, 3.8) is 0 Å². The van der Waals surface area contributed by atoms with Crippen molar-refractivity contribution in [2.24, 2.45) is 4.99 Å². The van der Waals surface area contributed by atoms with E-state index in [-0.39, 0.29) is 11.5 Å². The molecule has 0 saturated heterocycles. The fourth-order valence-corrected chi connectivity index (χ4v) is 1.50. The number of rotatable bonds is 1. The van der Waals surface area contributed by atoms with Crippen LogP contribution in [-0.4, -0.2) is 23.2 Å². The third-order valence-corrected chi connectivity index (χ3v) is 2.14. The minimum absolute atomic E-state index is 0.182. The number of amides is 1. The third kappa shape index (κ3) is 1.21. The normalized spacial score (nSPS) is 13.9. The fraction of sp³-hybridized carbons (Fsp3) is 0.100. The van der Waals surface area contributed by atoms with Crippen LogP contribution in [0.4, 0.5) is 0 Å². The monoisotopic (exact) mass is 189 g/mol. The van der Waals surface area contributed by atoms with Gasteiger partial charge in [0.15, 0.2) is 0 Å². The maximum atomic E-state index is 11.3. The van der Waals surface area contributed by atoms with E-state index in [4.69, 9.17) is 5.11 Å². The molecule has 70 valence electrons. The van der Waals surface area contributed by atoms with Gasteiger partial charge in [0.1, 0.15) is 0 Å². The van der Waals surface area contributed by atoms with Gasteiger partial charge in [-0.25, -0.2) is 9.79 Å². The Balaban J connectivity index is 2.64. The summed E-state index contributed by atoms with van der Waals surface area (Å²) in [7, 11) is 0. The van der Waals surface area contributed by atoms with Crippen molar-refractivity contribution < 1.29 is 14.7 Å². The molecule has 0 aliphatic carbocycles. The van der Waals surface area contributed by atoms with Gasteiger partial charge in [0.05, 0.1) is 5.56 Å². The minimum Gasteiger partial charge on any atom is -0.478 e. The molecule has 0 fully saturated rings. The number of hydrogen-bond donors (Lipinski definition) is 1. The second-order valence-corrected chi connectivity index (χ2v) is 2.96. The molecule has 4 heteroatoms. The number of carboxylic acid groups (broad SMARTS) is 1. The Hall–Kier alpha value is -1.97. The zero-order valence-corrected chi connectivity index (χ0v) is 7.23. The van der Waals surface area contributed by atoms with E-state index in [9.17, 15) is 9.59 Å². The summed E-state index contributed by atoms with van der Waals surface area (Å²) in [6.07, 6.45) is 1.85. The highest BCUT2D eigenvalue weighted by Gasteiger charge is 2.19. The summed E-state index contributed by atoms with van der Waals surface area (Å²) < 4.78 is 0. The molecule has 0 aromatic heterocycles. The van der Waals surface area contributed by atoms with Gasteiger partial charge in [-0.05, 0) is 17.7 Å². The molecule has 1 N–H and O–H groups in total. The summed E-state index contributed by atoms with van der Waals surface area (Å²) in [5.41, 5.74) is 1.13. The van der Waals surface area contributed by atoms with Crippen molar-refractivity contribution in [1.29, 1.82) is 0 Å². The van der Waals surface area contributed by atoms with E-state index in [2.05, 4.69) is 4.99 Å². The number of hydrogen-bond acceptors (Lipinski definition) is 2. The minimum atomic E-state index is -1.01. The van der Waals surface area contributed by atoms with Crippen molar-refractivity contribution >= 4 is 18.1 Å². The van der Waals surface area contributed by atoms with Gasteiger partial charge < -0.3 is 5.11 Å². The molecule has 1 aromatic carbocycles. The van der Waals surface area contributed by atoms with E-state index in [1.807, 2.05) is 0 Å². The molecule has 0 bridgehead atoms. The highest BCUT2D eigenvalue weighted by Crippen LogP contribution is 2.19.